The largest absolute Gasteiger partial charge is 0.365 e. The minimum Gasteiger partial charge on any atom is -0.365 e. The van der Waals surface area contributed by atoms with Gasteiger partial charge in [0.2, 0.25) is 0 Å². The lowest BCUT2D eigenvalue weighted by atomic mass is 10.1. The molecule has 1 aliphatic heterocycles. The van der Waals surface area contributed by atoms with Gasteiger partial charge in [-0.3, -0.25) is 4.79 Å². The molecule has 0 saturated heterocycles. The van der Waals surface area contributed by atoms with Gasteiger partial charge in [0.15, 0.2) is 5.69 Å². The van der Waals surface area contributed by atoms with Crippen LogP contribution in [0.2, 0.25) is 0 Å². The molecule has 1 aliphatic rings. The van der Waals surface area contributed by atoms with Crippen LogP contribution in [0.4, 0.5) is 10.1 Å². The van der Waals surface area contributed by atoms with E-state index in [4.69, 9.17) is 4.74 Å². The molecule has 0 aliphatic carbocycles. The number of hydrogen-bond acceptors (Lipinski definition) is 4. The molecule has 1 atom stereocenters. The fraction of sp³-hybridized carbons (Fsp3) is 0.250. The number of benzene rings is 2. The third kappa shape index (κ3) is 3.46. The number of carbonyl (C=O) groups excluding carboxylic acids is 1. The maximum absolute atomic E-state index is 13.1. The average molecular weight is 366 g/mol. The third-order valence-electron chi connectivity index (χ3n) is 4.70. The number of rotatable bonds is 3. The number of hydrogen-bond donors (Lipinski definition) is 1. The molecule has 0 saturated carbocycles. The lowest BCUT2D eigenvalue weighted by Gasteiger charge is -2.24. The number of anilines is 1. The molecule has 0 radical (unpaired) electrons. The molecule has 27 heavy (non-hydrogen) atoms. The van der Waals surface area contributed by atoms with Crippen molar-refractivity contribution in [2.24, 2.45) is 0 Å². The lowest BCUT2D eigenvalue weighted by molar-refractivity contribution is -0.00174. The summed E-state index contributed by atoms with van der Waals surface area (Å²) in [6.45, 7) is 4.54. The average Bonchev–Trinajstić information content (AvgIpc) is 3.08. The Bertz CT molecular complexity index is 998. The number of nitrogens with zero attached hydrogens (tertiary/aromatic N) is 3. The fourth-order valence-corrected chi connectivity index (χ4v) is 3.12. The zero-order valence-corrected chi connectivity index (χ0v) is 15.1. The van der Waals surface area contributed by atoms with E-state index in [2.05, 4.69) is 15.6 Å². The van der Waals surface area contributed by atoms with Crippen LogP contribution >= 0.6 is 0 Å². The van der Waals surface area contributed by atoms with E-state index in [9.17, 15) is 9.18 Å². The minimum atomic E-state index is -0.311. The second kappa shape index (κ2) is 6.92. The van der Waals surface area contributed by atoms with Gasteiger partial charge in [-0.25, -0.2) is 9.07 Å². The summed E-state index contributed by atoms with van der Waals surface area (Å²) in [7, 11) is 0. The van der Waals surface area contributed by atoms with Gasteiger partial charge in [-0.05, 0) is 48.7 Å². The maximum atomic E-state index is 13.1. The fourth-order valence-electron chi connectivity index (χ4n) is 3.12. The van der Waals surface area contributed by atoms with Crippen LogP contribution in [-0.4, -0.2) is 20.9 Å². The van der Waals surface area contributed by atoms with Gasteiger partial charge in [0.1, 0.15) is 11.9 Å². The summed E-state index contributed by atoms with van der Waals surface area (Å²) in [5.74, 6) is -0.602. The highest BCUT2D eigenvalue weighted by atomic mass is 19.1. The van der Waals surface area contributed by atoms with E-state index in [1.807, 2.05) is 32.0 Å². The third-order valence-corrected chi connectivity index (χ3v) is 4.70. The number of fused-ring (bicyclic) bond motifs is 1. The highest BCUT2D eigenvalue weighted by Crippen LogP contribution is 2.27. The maximum Gasteiger partial charge on any atom is 0.278 e. The molecule has 0 spiro atoms. The molecule has 4 rings (SSSR count). The molecule has 1 N–H and O–H groups in total. The Morgan fingerprint density at radius 1 is 1.22 bits per heavy atom. The summed E-state index contributed by atoms with van der Waals surface area (Å²) in [5.41, 5.74) is 4.54. The van der Waals surface area contributed by atoms with Crippen LogP contribution in [0.1, 0.15) is 39.0 Å². The molecule has 0 unspecified atom stereocenters. The monoisotopic (exact) mass is 366 g/mol. The summed E-state index contributed by atoms with van der Waals surface area (Å²) in [6.07, 6.45) is -0.255. The van der Waals surface area contributed by atoms with Crippen molar-refractivity contribution in [2.75, 3.05) is 5.32 Å². The van der Waals surface area contributed by atoms with Crippen molar-refractivity contribution in [2.45, 2.75) is 33.1 Å². The Hall–Kier alpha value is -3.06. The van der Waals surface area contributed by atoms with E-state index >= 15 is 0 Å². The zero-order valence-electron chi connectivity index (χ0n) is 15.1. The first-order valence-corrected chi connectivity index (χ1v) is 8.69. The topological polar surface area (TPSA) is 69.0 Å². The standard InChI is InChI=1S/C20H19FN4O2/c1-12-3-4-13(2)16(9-12)22-20(26)19-17-11-27-18(10-25(17)24-23-19)14-5-7-15(21)8-6-14/h3-9,18H,10-11H2,1-2H3,(H,22,26)/t18-/m1/s1. The first kappa shape index (κ1) is 17.4. The summed E-state index contributed by atoms with van der Waals surface area (Å²) in [5, 5.41) is 11.1. The van der Waals surface area contributed by atoms with Crippen molar-refractivity contribution in [1.82, 2.24) is 15.0 Å². The van der Waals surface area contributed by atoms with Gasteiger partial charge < -0.3 is 10.1 Å². The van der Waals surface area contributed by atoms with Gasteiger partial charge >= 0.3 is 0 Å². The number of aryl methyl sites for hydroxylation is 2. The smallest absolute Gasteiger partial charge is 0.278 e. The number of aromatic nitrogens is 3. The van der Waals surface area contributed by atoms with Crippen molar-refractivity contribution >= 4 is 11.6 Å². The van der Waals surface area contributed by atoms with Crippen LogP contribution in [0.15, 0.2) is 42.5 Å². The summed E-state index contributed by atoms with van der Waals surface area (Å²) >= 11 is 0. The van der Waals surface area contributed by atoms with E-state index < -0.39 is 0 Å². The number of amides is 1. The normalized spacial score (nSPS) is 16.0. The molecule has 7 heteroatoms. The molecule has 0 bridgehead atoms. The Labute approximate surface area is 156 Å². The SMILES string of the molecule is Cc1ccc(C)c(NC(=O)c2nnn3c2CO[C@@H](c2ccc(F)cc2)C3)c1. The molecule has 2 aromatic carbocycles. The van der Waals surface area contributed by atoms with Crippen molar-refractivity contribution in [3.8, 4) is 0 Å². The van der Waals surface area contributed by atoms with Crippen LogP contribution < -0.4 is 5.32 Å². The predicted octanol–water partition coefficient (Wildman–Crippen LogP) is 3.56. The molecule has 3 aromatic rings. The van der Waals surface area contributed by atoms with E-state index in [1.165, 1.54) is 12.1 Å². The second-order valence-corrected chi connectivity index (χ2v) is 6.69. The van der Waals surface area contributed by atoms with Crippen molar-refractivity contribution < 1.29 is 13.9 Å². The number of ether oxygens (including phenoxy) is 1. The predicted molar refractivity (Wildman–Crippen MR) is 97.8 cm³/mol. The van der Waals surface area contributed by atoms with Gasteiger partial charge in [-0.1, -0.05) is 29.5 Å². The Morgan fingerprint density at radius 3 is 2.78 bits per heavy atom. The van der Waals surface area contributed by atoms with Crippen LogP contribution in [0, 0.1) is 19.7 Å². The second-order valence-electron chi connectivity index (χ2n) is 6.69. The van der Waals surface area contributed by atoms with Crippen molar-refractivity contribution in [3.63, 3.8) is 0 Å². The quantitative estimate of drug-likeness (QED) is 0.770. The van der Waals surface area contributed by atoms with Crippen LogP contribution in [0.5, 0.6) is 0 Å². The van der Waals surface area contributed by atoms with Crippen LogP contribution in [0.3, 0.4) is 0 Å². The zero-order chi connectivity index (χ0) is 19.0. The van der Waals surface area contributed by atoms with E-state index in [0.717, 1.165) is 22.4 Å². The molecule has 1 aromatic heterocycles. The molecule has 138 valence electrons. The van der Waals surface area contributed by atoms with E-state index in [1.54, 1.807) is 16.8 Å². The van der Waals surface area contributed by atoms with Crippen molar-refractivity contribution in [3.05, 3.63) is 76.4 Å². The van der Waals surface area contributed by atoms with Gasteiger partial charge in [0.25, 0.3) is 5.91 Å². The van der Waals surface area contributed by atoms with Gasteiger partial charge in [0, 0.05) is 5.69 Å². The Balaban J connectivity index is 1.53. The molecule has 6 nitrogen and oxygen atoms in total. The number of carbonyl (C=O) groups is 1. The summed E-state index contributed by atoms with van der Waals surface area (Å²) < 4.78 is 20.6. The van der Waals surface area contributed by atoms with Gasteiger partial charge in [-0.2, -0.15) is 0 Å². The van der Waals surface area contributed by atoms with Crippen LogP contribution in [-0.2, 0) is 17.9 Å². The highest BCUT2D eigenvalue weighted by Gasteiger charge is 2.28. The summed E-state index contributed by atoms with van der Waals surface area (Å²) in [4.78, 5) is 12.7. The number of halogens is 1. The van der Waals surface area contributed by atoms with Crippen LogP contribution in [0.25, 0.3) is 0 Å². The Kier molecular flexibility index (Phi) is 4.45. The molecular weight excluding hydrogens is 347 g/mol. The first-order chi connectivity index (χ1) is 13.0. The molecular formula is C20H19FN4O2. The minimum absolute atomic E-state index is 0.213. The van der Waals surface area contributed by atoms with Gasteiger partial charge in [-0.15, -0.1) is 5.10 Å². The Morgan fingerprint density at radius 2 is 2.00 bits per heavy atom. The van der Waals surface area contributed by atoms with Crippen molar-refractivity contribution in [1.29, 1.82) is 0 Å². The molecule has 0 fully saturated rings. The number of nitrogens with one attached hydrogen (secondary N) is 1. The summed E-state index contributed by atoms with van der Waals surface area (Å²) in [6, 6.07) is 12.1. The van der Waals surface area contributed by atoms with E-state index in [0.29, 0.717) is 12.2 Å². The van der Waals surface area contributed by atoms with E-state index in [-0.39, 0.29) is 30.1 Å². The molecule has 1 amide bonds. The van der Waals surface area contributed by atoms with Gasteiger partial charge in [0.05, 0.1) is 18.8 Å². The molecule has 2 heterocycles. The lowest BCUT2D eigenvalue weighted by Crippen LogP contribution is -2.24. The highest BCUT2D eigenvalue weighted by molar-refractivity contribution is 6.04. The first-order valence-electron chi connectivity index (χ1n) is 8.69.